The van der Waals surface area contributed by atoms with E-state index in [2.05, 4.69) is 19.2 Å². The standard InChI is InChI=1S/C20H43N.Ti/c1-3-5-7-9-11-13-15-17-19-21-20-18-16-14-12-10-8-6-4-2;/h21H,3-20H2,1-2H3;. The molecule has 0 bridgehead atoms. The first-order chi connectivity index (χ1) is 10.4. The molecule has 0 aliphatic rings. The Labute approximate surface area is 156 Å². The van der Waals surface area contributed by atoms with Crippen molar-refractivity contribution in [2.45, 2.75) is 117 Å². The van der Waals surface area contributed by atoms with Crippen LogP contribution in [0.1, 0.15) is 117 Å². The van der Waals surface area contributed by atoms with E-state index >= 15 is 0 Å². The molecule has 1 nitrogen and oxygen atoms in total. The van der Waals surface area contributed by atoms with Crippen molar-refractivity contribution in [2.75, 3.05) is 13.1 Å². The summed E-state index contributed by atoms with van der Waals surface area (Å²) >= 11 is 0. The minimum atomic E-state index is 0. The van der Waals surface area contributed by atoms with Crippen molar-refractivity contribution in [2.24, 2.45) is 0 Å². The minimum absolute atomic E-state index is 0. The summed E-state index contributed by atoms with van der Waals surface area (Å²) in [5.41, 5.74) is 0. The molecular formula is C20H43NTi. The predicted octanol–water partition coefficient (Wildman–Crippen LogP) is 6.85. The normalized spacial score (nSPS) is 10.6. The molecule has 0 radical (unpaired) electrons. The maximum atomic E-state index is 3.61. The van der Waals surface area contributed by atoms with Gasteiger partial charge >= 0.3 is 0 Å². The molecule has 0 unspecified atom stereocenters. The van der Waals surface area contributed by atoms with Gasteiger partial charge in [0.15, 0.2) is 0 Å². The van der Waals surface area contributed by atoms with Gasteiger partial charge in [0, 0.05) is 21.7 Å². The smallest absolute Gasteiger partial charge is 0 e. The summed E-state index contributed by atoms with van der Waals surface area (Å²) in [6, 6.07) is 0. The monoisotopic (exact) mass is 345 g/mol. The number of hydrogen-bond donors (Lipinski definition) is 1. The molecule has 0 amide bonds. The van der Waals surface area contributed by atoms with Gasteiger partial charge in [0.2, 0.25) is 0 Å². The quantitative estimate of drug-likeness (QED) is 0.211. The van der Waals surface area contributed by atoms with Crippen LogP contribution in [-0.4, -0.2) is 13.1 Å². The zero-order valence-electron chi connectivity index (χ0n) is 15.7. The average Bonchev–Trinajstić information content (AvgIpc) is 2.50. The summed E-state index contributed by atoms with van der Waals surface area (Å²) in [6.07, 6.45) is 22.8. The predicted molar refractivity (Wildman–Crippen MR) is 98.1 cm³/mol. The molecule has 0 rings (SSSR count). The molecule has 0 saturated heterocycles. The molecule has 132 valence electrons. The van der Waals surface area contributed by atoms with Crippen LogP contribution in [0.4, 0.5) is 0 Å². The fraction of sp³-hybridized carbons (Fsp3) is 1.00. The van der Waals surface area contributed by atoms with Crippen molar-refractivity contribution < 1.29 is 21.7 Å². The van der Waals surface area contributed by atoms with E-state index in [4.69, 9.17) is 0 Å². The van der Waals surface area contributed by atoms with Crippen LogP contribution in [0.5, 0.6) is 0 Å². The average molecular weight is 345 g/mol. The second kappa shape index (κ2) is 23.9. The van der Waals surface area contributed by atoms with Gasteiger partial charge in [0.1, 0.15) is 0 Å². The van der Waals surface area contributed by atoms with Crippen LogP contribution in [0.3, 0.4) is 0 Å². The Morgan fingerprint density at radius 2 is 0.682 bits per heavy atom. The first kappa shape index (κ1) is 24.9. The molecule has 0 aromatic carbocycles. The van der Waals surface area contributed by atoms with E-state index in [1.54, 1.807) is 0 Å². The maximum Gasteiger partial charge on any atom is 0 e. The molecule has 22 heavy (non-hydrogen) atoms. The number of nitrogens with one attached hydrogen (secondary N) is 1. The Bertz CT molecular complexity index is 155. The van der Waals surface area contributed by atoms with Gasteiger partial charge in [-0.15, -0.1) is 0 Å². The van der Waals surface area contributed by atoms with Crippen molar-refractivity contribution >= 4 is 0 Å². The van der Waals surface area contributed by atoms with Crippen LogP contribution in [0.2, 0.25) is 0 Å². The van der Waals surface area contributed by atoms with E-state index in [0.29, 0.717) is 0 Å². The van der Waals surface area contributed by atoms with Crippen LogP contribution < -0.4 is 5.32 Å². The third-order valence-corrected chi connectivity index (χ3v) is 4.41. The zero-order valence-corrected chi connectivity index (χ0v) is 17.3. The first-order valence-electron chi connectivity index (χ1n) is 10.1. The van der Waals surface area contributed by atoms with E-state index in [1.807, 2.05) is 0 Å². The summed E-state index contributed by atoms with van der Waals surface area (Å²) in [7, 11) is 0. The molecule has 2 heteroatoms. The van der Waals surface area contributed by atoms with Gasteiger partial charge in [-0.2, -0.15) is 0 Å². The van der Waals surface area contributed by atoms with Gasteiger partial charge in [0.05, 0.1) is 0 Å². The molecule has 0 spiro atoms. The SMILES string of the molecule is CCCCCCCCCCNCCCCCCCCCC.[Ti]. The van der Waals surface area contributed by atoms with Gasteiger partial charge in [0.25, 0.3) is 0 Å². The van der Waals surface area contributed by atoms with E-state index in [9.17, 15) is 0 Å². The van der Waals surface area contributed by atoms with Crippen molar-refractivity contribution in [3.05, 3.63) is 0 Å². The Balaban J connectivity index is 0. The fourth-order valence-electron chi connectivity index (χ4n) is 2.89. The molecule has 0 aromatic rings. The molecule has 0 saturated carbocycles. The molecule has 1 N–H and O–H groups in total. The molecule has 0 aliphatic carbocycles. The largest absolute Gasteiger partial charge is 0.317 e. The Kier molecular flexibility index (Phi) is 27.1. The third kappa shape index (κ3) is 22.9. The number of unbranched alkanes of at least 4 members (excludes halogenated alkanes) is 14. The topological polar surface area (TPSA) is 12.0 Å². The van der Waals surface area contributed by atoms with E-state index in [1.165, 1.54) is 116 Å². The van der Waals surface area contributed by atoms with Gasteiger partial charge in [-0.05, 0) is 25.9 Å². The van der Waals surface area contributed by atoms with Crippen molar-refractivity contribution in [3.63, 3.8) is 0 Å². The summed E-state index contributed by atoms with van der Waals surface area (Å²) in [4.78, 5) is 0. The van der Waals surface area contributed by atoms with E-state index in [-0.39, 0.29) is 21.7 Å². The van der Waals surface area contributed by atoms with Crippen LogP contribution in [0, 0.1) is 0 Å². The molecule has 0 aromatic heterocycles. The van der Waals surface area contributed by atoms with Crippen LogP contribution in [0.25, 0.3) is 0 Å². The number of rotatable bonds is 18. The third-order valence-electron chi connectivity index (χ3n) is 4.41. The molecular weight excluding hydrogens is 302 g/mol. The fourth-order valence-corrected chi connectivity index (χ4v) is 2.89. The van der Waals surface area contributed by atoms with Crippen molar-refractivity contribution in [1.29, 1.82) is 0 Å². The Morgan fingerprint density at radius 3 is 1.00 bits per heavy atom. The van der Waals surface area contributed by atoms with Crippen LogP contribution in [-0.2, 0) is 21.7 Å². The summed E-state index contributed by atoms with van der Waals surface area (Å²) in [5.74, 6) is 0. The van der Waals surface area contributed by atoms with Crippen LogP contribution >= 0.6 is 0 Å². The second-order valence-electron chi connectivity index (χ2n) is 6.70. The molecule has 0 fully saturated rings. The van der Waals surface area contributed by atoms with Crippen LogP contribution in [0.15, 0.2) is 0 Å². The van der Waals surface area contributed by atoms with Gasteiger partial charge in [-0.1, -0.05) is 104 Å². The second-order valence-corrected chi connectivity index (χ2v) is 6.70. The van der Waals surface area contributed by atoms with Gasteiger partial charge in [-0.25, -0.2) is 0 Å². The maximum absolute atomic E-state index is 3.61. The Hall–Kier alpha value is 0.674. The van der Waals surface area contributed by atoms with Crippen molar-refractivity contribution in [1.82, 2.24) is 5.32 Å². The summed E-state index contributed by atoms with van der Waals surface area (Å²) in [6.45, 7) is 7.06. The molecule has 0 atom stereocenters. The van der Waals surface area contributed by atoms with E-state index in [0.717, 1.165) is 0 Å². The zero-order chi connectivity index (χ0) is 15.4. The first-order valence-corrected chi connectivity index (χ1v) is 10.1. The van der Waals surface area contributed by atoms with Gasteiger partial charge in [-0.3, -0.25) is 0 Å². The van der Waals surface area contributed by atoms with Gasteiger partial charge < -0.3 is 5.32 Å². The van der Waals surface area contributed by atoms with E-state index < -0.39 is 0 Å². The summed E-state index contributed by atoms with van der Waals surface area (Å²) < 4.78 is 0. The minimum Gasteiger partial charge on any atom is -0.317 e. The van der Waals surface area contributed by atoms with Crippen molar-refractivity contribution in [3.8, 4) is 0 Å². The molecule has 0 heterocycles. The summed E-state index contributed by atoms with van der Waals surface area (Å²) in [5, 5.41) is 3.61. The molecule has 0 aliphatic heterocycles. The number of hydrogen-bond acceptors (Lipinski definition) is 1. The Morgan fingerprint density at radius 1 is 0.409 bits per heavy atom.